The maximum Gasteiger partial charge on any atom is 0.320 e. The molecule has 0 aromatic rings. The summed E-state index contributed by atoms with van der Waals surface area (Å²) in [6.07, 6.45) is 4.83. The molecule has 0 atom stereocenters. The minimum absolute atomic E-state index is 0.216. The molecule has 0 aromatic carbocycles. The van der Waals surface area contributed by atoms with E-state index in [-0.39, 0.29) is 6.03 Å². The molecule has 2 heterocycles. The standard InChI is InChI=1S/C13H20N2O2/c16-13(15-7-9-17-10-8-15)14-5-3-12(4-6-14)11-1-2-11/h1-10H2. The van der Waals surface area contributed by atoms with Crippen molar-refractivity contribution in [2.45, 2.75) is 25.7 Å². The van der Waals surface area contributed by atoms with Gasteiger partial charge in [-0.25, -0.2) is 4.79 Å². The Balaban J connectivity index is 1.54. The van der Waals surface area contributed by atoms with E-state index < -0.39 is 0 Å². The molecule has 3 rings (SSSR count). The van der Waals surface area contributed by atoms with Crippen LogP contribution in [0.4, 0.5) is 4.79 Å². The number of amides is 2. The van der Waals surface area contributed by atoms with E-state index in [1.807, 2.05) is 9.80 Å². The Morgan fingerprint density at radius 2 is 1.35 bits per heavy atom. The molecule has 4 nitrogen and oxygen atoms in total. The number of rotatable bonds is 0. The van der Waals surface area contributed by atoms with Gasteiger partial charge in [0.15, 0.2) is 0 Å². The van der Waals surface area contributed by atoms with Gasteiger partial charge in [0.25, 0.3) is 0 Å². The van der Waals surface area contributed by atoms with Crippen molar-refractivity contribution in [3.63, 3.8) is 0 Å². The zero-order chi connectivity index (χ0) is 11.7. The number of carbonyl (C=O) groups excluding carboxylic acids is 1. The highest BCUT2D eigenvalue weighted by atomic mass is 16.5. The van der Waals surface area contributed by atoms with Crippen molar-refractivity contribution in [3.05, 3.63) is 11.1 Å². The van der Waals surface area contributed by atoms with E-state index >= 15 is 0 Å². The normalized spacial score (nSPS) is 25.2. The molecule has 2 saturated heterocycles. The summed E-state index contributed by atoms with van der Waals surface area (Å²) in [6, 6.07) is 0.216. The summed E-state index contributed by atoms with van der Waals surface area (Å²) in [6.45, 7) is 4.71. The van der Waals surface area contributed by atoms with Crippen molar-refractivity contribution in [2.24, 2.45) is 0 Å². The van der Waals surface area contributed by atoms with E-state index in [2.05, 4.69) is 0 Å². The van der Waals surface area contributed by atoms with Crippen molar-refractivity contribution in [2.75, 3.05) is 39.4 Å². The first kappa shape index (κ1) is 11.1. The van der Waals surface area contributed by atoms with E-state index in [1.54, 1.807) is 11.1 Å². The summed E-state index contributed by atoms with van der Waals surface area (Å²) in [5, 5.41) is 0. The predicted octanol–water partition coefficient (Wildman–Crippen LogP) is 1.62. The lowest BCUT2D eigenvalue weighted by Gasteiger charge is -2.35. The Kier molecular flexibility index (Phi) is 3.05. The fourth-order valence-corrected chi connectivity index (χ4v) is 2.69. The fraction of sp³-hybridized carbons (Fsp3) is 0.769. The highest BCUT2D eigenvalue weighted by Crippen LogP contribution is 2.36. The zero-order valence-electron chi connectivity index (χ0n) is 10.3. The summed E-state index contributed by atoms with van der Waals surface area (Å²) in [4.78, 5) is 16.2. The molecule has 94 valence electrons. The molecule has 0 radical (unpaired) electrons. The van der Waals surface area contributed by atoms with Gasteiger partial charge in [-0.2, -0.15) is 0 Å². The van der Waals surface area contributed by atoms with Gasteiger partial charge in [-0.1, -0.05) is 11.1 Å². The quantitative estimate of drug-likeness (QED) is 0.599. The topological polar surface area (TPSA) is 32.8 Å². The van der Waals surface area contributed by atoms with E-state index in [4.69, 9.17) is 4.74 Å². The van der Waals surface area contributed by atoms with Crippen LogP contribution < -0.4 is 0 Å². The largest absolute Gasteiger partial charge is 0.378 e. The lowest BCUT2D eigenvalue weighted by atomic mass is 10.0. The van der Waals surface area contributed by atoms with Crippen LogP contribution in [0.5, 0.6) is 0 Å². The minimum atomic E-state index is 0.216. The second-order valence-corrected chi connectivity index (χ2v) is 5.08. The van der Waals surface area contributed by atoms with Crippen molar-refractivity contribution in [1.29, 1.82) is 0 Å². The van der Waals surface area contributed by atoms with Crippen LogP contribution in [0.15, 0.2) is 11.1 Å². The zero-order valence-corrected chi connectivity index (χ0v) is 10.3. The summed E-state index contributed by atoms with van der Waals surface area (Å²) in [5.41, 5.74) is 3.31. The molecule has 3 fully saturated rings. The molecular formula is C13H20N2O2. The van der Waals surface area contributed by atoms with Crippen LogP contribution in [0.2, 0.25) is 0 Å². The molecule has 3 aliphatic rings. The van der Waals surface area contributed by atoms with Gasteiger partial charge in [-0.05, 0) is 25.7 Å². The molecule has 4 heteroatoms. The number of carbonyl (C=O) groups is 1. The van der Waals surface area contributed by atoms with Crippen molar-refractivity contribution >= 4 is 6.03 Å². The Bertz CT molecular complexity index is 329. The summed E-state index contributed by atoms with van der Waals surface area (Å²) >= 11 is 0. The van der Waals surface area contributed by atoms with Gasteiger partial charge < -0.3 is 14.5 Å². The summed E-state index contributed by atoms with van der Waals surface area (Å²) < 4.78 is 5.27. The Morgan fingerprint density at radius 1 is 0.824 bits per heavy atom. The molecule has 2 amide bonds. The lowest BCUT2D eigenvalue weighted by Crippen LogP contribution is -2.49. The summed E-state index contributed by atoms with van der Waals surface area (Å²) in [5.74, 6) is 0. The molecule has 0 N–H and O–H groups in total. The third kappa shape index (κ3) is 2.46. The Hall–Kier alpha value is -1.03. The fourth-order valence-electron chi connectivity index (χ4n) is 2.69. The first-order valence-electron chi connectivity index (χ1n) is 6.66. The summed E-state index contributed by atoms with van der Waals surface area (Å²) in [7, 11) is 0. The van der Waals surface area contributed by atoms with Gasteiger partial charge in [0.2, 0.25) is 0 Å². The third-order valence-electron chi connectivity index (χ3n) is 3.92. The number of ether oxygens (including phenoxy) is 1. The number of hydrogen-bond donors (Lipinski definition) is 0. The van der Waals surface area contributed by atoms with Crippen molar-refractivity contribution in [1.82, 2.24) is 9.80 Å². The molecule has 0 bridgehead atoms. The van der Waals surface area contributed by atoms with Gasteiger partial charge in [-0.3, -0.25) is 0 Å². The number of hydrogen-bond acceptors (Lipinski definition) is 2. The Morgan fingerprint density at radius 3 is 1.94 bits per heavy atom. The first-order valence-corrected chi connectivity index (χ1v) is 6.66. The molecule has 0 aromatic heterocycles. The number of nitrogens with zero attached hydrogens (tertiary/aromatic N) is 2. The van der Waals surface area contributed by atoms with Crippen LogP contribution in [0.1, 0.15) is 25.7 Å². The number of morpholine rings is 1. The van der Waals surface area contributed by atoms with E-state index in [0.29, 0.717) is 13.2 Å². The van der Waals surface area contributed by atoms with Crippen LogP contribution in [0.3, 0.4) is 0 Å². The average Bonchev–Trinajstić information content (AvgIpc) is 3.24. The monoisotopic (exact) mass is 236 g/mol. The second-order valence-electron chi connectivity index (χ2n) is 5.08. The number of urea groups is 1. The molecule has 1 saturated carbocycles. The third-order valence-corrected chi connectivity index (χ3v) is 3.92. The molecule has 1 aliphatic carbocycles. The highest BCUT2D eigenvalue weighted by Gasteiger charge is 2.27. The average molecular weight is 236 g/mol. The van der Waals surface area contributed by atoms with E-state index in [0.717, 1.165) is 39.0 Å². The molecule has 17 heavy (non-hydrogen) atoms. The van der Waals surface area contributed by atoms with Gasteiger partial charge in [0.1, 0.15) is 0 Å². The number of likely N-dealkylation sites (tertiary alicyclic amines) is 1. The predicted molar refractivity (Wildman–Crippen MR) is 64.9 cm³/mol. The van der Waals surface area contributed by atoms with Crippen LogP contribution in [0, 0.1) is 0 Å². The Labute approximate surface area is 102 Å². The smallest absolute Gasteiger partial charge is 0.320 e. The van der Waals surface area contributed by atoms with E-state index in [9.17, 15) is 4.79 Å². The van der Waals surface area contributed by atoms with Crippen LogP contribution in [-0.2, 0) is 4.74 Å². The van der Waals surface area contributed by atoms with Crippen molar-refractivity contribution in [3.8, 4) is 0 Å². The molecular weight excluding hydrogens is 216 g/mol. The SMILES string of the molecule is O=C(N1CCOCC1)N1CCC(=C2CC2)CC1. The van der Waals surface area contributed by atoms with E-state index in [1.165, 1.54) is 12.8 Å². The van der Waals surface area contributed by atoms with Crippen molar-refractivity contribution < 1.29 is 9.53 Å². The van der Waals surface area contributed by atoms with Crippen LogP contribution in [0.25, 0.3) is 0 Å². The highest BCUT2D eigenvalue weighted by molar-refractivity contribution is 5.74. The van der Waals surface area contributed by atoms with Crippen LogP contribution >= 0.6 is 0 Å². The van der Waals surface area contributed by atoms with Crippen LogP contribution in [-0.4, -0.2) is 55.2 Å². The number of allylic oxidation sites excluding steroid dienone is 1. The lowest BCUT2D eigenvalue weighted by molar-refractivity contribution is 0.0426. The van der Waals surface area contributed by atoms with Gasteiger partial charge in [0, 0.05) is 26.2 Å². The molecule has 0 spiro atoms. The van der Waals surface area contributed by atoms with Gasteiger partial charge in [0.05, 0.1) is 13.2 Å². The second kappa shape index (κ2) is 4.69. The first-order chi connectivity index (χ1) is 8.34. The van der Waals surface area contributed by atoms with Gasteiger partial charge in [-0.15, -0.1) is 0 Å². The minimum Gasteiger partial charge on any atom is -0.378 e. The maximum atomic E-state index is 12.2. The van der Waals surface area contributed by atoms with Gasteiger partial charge >= 0.3 is 6.03 Å². The number of piperidine rings is 1. The molecule has 0 unspecified atom stereocenters. The molecule has 2 aliphatic heterocycles. The maximum absolute atomic E-state index is 12.2.